The van der Waals surface area contributed by atoms with Gasteiger partial charge in [0.2, 0.25) is 0 Å². The summed E-state index contributed by atoms with van der Waals surface area (Å²) < 4.78 is 11.4. The summed E-state index contributed by atoms with van der Waals surface area (Å²) >= 11 is 0. The van der Waals surface area contributed by atoms with Gasteiger partial charge >= 0.3 is 5.69 Å². The molecule has 0 spiro atoms. The number of aliphatic hydroxyl groups is 2. The zero-order chi connectivity index (χ0) is 14.2. The number of nitrogen functional groups attached to an aromatic ring is 1. The second-order valence-electron chi connectivity index (χ2n) is 4.50. The minimum absolute atomic E-state index is 0.0270. The molecular formula is C10H16N4O5. The summed E-state index contributed by atoms with van der Waals surface area (Å²) in [6, 6.07) is 0. The Balaban J connectivity index is 2.42. The van der Waals surface area contributed by atoms with Crippen molar-refractivity contribution < 1.29 is 19.7 Å². The largest absolute Gasteiger partial charge is 0.394 e. The van der Waals surface area contributed by atoms with Crippen LogP contribution in [0, 0.1) is 0 Å². The topological polar surface area (TPSA) is 133 Å². The molecule has 4 N–H and O–H groups in total. The Morgan fingerprint density at radius 1 is 1.68 bits per heavy atom. The first kappa shape index (κ1) is 13.9. The van der Waals surface area contributed by atoms with Gasteiger partial charge in [-0.3, -0.25) is 0 Å². The van der Waals surface area contributed by atoms with Crippen molar-refractivity contribution in [1.29, 1.82) is 0 Å². The predicted molar refractivity (Wildman–Crippen MR) is 63.1 cm³/mol. The first-order chi connectivity index (χ1) is 8.91. The molecule has 0 aromatic carbocycles. The van der Waals surface area contributed by atoms with Crippen LogP contribution >= 0.6 is 0 Å². The molecule has 1 aromatic rings. The second kappa shape index (κ2) is 4.85. The van der Waals surface area contributed by atoms with E-state index in [1.807, 2.05) is 0 Å². The molecule has 9 nitrogen and oxygen atoms in total. The fourth-order valence-corrected chi connectivity index (χ4v) is 2.25. The third-order valence-electron chi connectivity index (χ3n) is 3.11. The van der Waals surface area contributed by atoms with Gasteiger partial charge in [0.1, 0.15) is 23.6 Å². The molecule has 0 bridgehead atoms. The molecule has 1 aliphatic rings. The maximum atomic E-state index is 11.7. The average Bonchev–Trinajstić information content (AvgIpc) is 2.60. The van der Waals surface area contributed by atoms with Crippen molar-refractivity contribution in [2.45, 2.75) is 31.0 Å². The molecule has 4 atom stereocenters. The summed E-state index contributed by atoms with van der Waals surface area (Å²) in [6.45, 7) is 1.08. The molecule has 1 unspecified atom stereocenters. The molecule has 0 aliphatic carbocycles. The fraction of sp³-hybridized carbons (Fsp3) is 0.700. The molecular weight excluding hydrogens is 256 g/mol. The number of anilines is 1. The highest BCUT2D eigenvalue weighted by atomic mass is 16.6. The van der Waals surface area contributed by atoms with E-state index in [0.717, 1.165) is 4.68 Å². The van der Waals surface area contributed by atoms with Crippen LogP contribution in [0.15, 0.2) is 11.0 Å². The average molecular weight is 272 g/mol. The van der Waals surface area contributed by atoms with Crippen molar-refractivity contribution in [1.82, 2.24) is 14.8 Å². The Morgan fingerprint density at radius 2 is 2.37 bits per heavy atom. The highest BCUT2D eigenvalue weighted by molar-refractivity contribution is 5.19. The second-order valence-corrected chi connectivity index (χ2v) is 4.50. The van der Waals surface area contributed by atoms with Crippen LogP contribution in [0.2, 0.25) is 0 Å². The van der Waals surface area contributed by atoms with Crippen LogP contribution in [0.3, 0.4) is 0 Å². The maximum absolute atomic E-state index is 11.7. The zero-order valence-corrected chi connectivity index (χ0v) is 10.6. The van der Waals surface area contributed by atoms with Gasteiger partial charge in [-0.25, -0.2) is 4.79 Å². The zero-order valence-electron chi connectivity index (χ0n) is 10.6. The molecule has 0 saturated carbocycles. The van der Waals surface area contributed by atoms with E-state index >= 15 is 0 Å². The summed E-state index contributed by atoms with van der Waals surface area (Å²) in [5.41, 5.74) is 3.05. The van der Waals surface area contributed by atoms with E-state index in [2.05, 4.69) is 10.1 Å². The Hall–Kier alpha value is -1.55. The van der Waals surface area contributed by atoms with Gasteiger partial charge in [-0.1, -0.05) is 0 Å². The number of nitrogens with two attached hydrogens (primary N) is 1. The Kier molecular flexibility index (Phi) is 3.54. The Bertz CT molecular complexity index is 517. The van der Waals surface area contributed by atoms with Crippen LogP contribution in [0.25, 0.3) is 0 Å². The molecule has 1 saturated heterocycles. The van der Waals surface area contributed by atoms with Crippen LogP contribution in [-0.2, 0) is 9.47 Å². The van der Waals surface area contributed by atoms with Gasteiger partial charge in [0.25, 0.3) is 0 Å². The molecule has 1 fully saturated rings. The third kappa shape index (κ3) is 2.21. The number of aliphatic hydroxyl groups excluding tert-OH is 1. The first-order valence-electron chi connectivity index (χ1n) is 5.64. The van der Waals surface area contributed by atoms with Crippen LogP contribution in [0.1, 0.15) is 13.2 Å². The summed E-state index contributed by atoms with van der Waals surface area (Å²) in [4.78, 5) is 15.2. The SMILES string of the molecule is CO[C@H]1[C@@H](CO)O[C@@H](n2ncc(N)nc2=O)C1(C)O. The molecule has 1 aromatic heterocycles. The Morgan fingerprint density at radius 3 is 2.84 bits per heavy atom. The van der Waals surface area contributed by atoms with Gasteiger partial charge in [-0.05, 0) is 6.92 Å². The molecule has 19 heavy (non-hydrogen) atoms. The number of hydrogen-bond donors (Lipinski definition) is 3. The van der Waals surface area contributed by atoms with E-state index in [1.165, 1.54) is 20.2 Å². The quantitative estimate of drug-likeness (QED) is 0.568. The predicted octanol–water partition coefficient (Wildman–Crippen LogP) is -2.12. The van der Waals surface area contributed by atoms with Crippen molar-refractivity contribution in [3.63, 3.8) is 0 Å². The highest BCUT2D eigenvalue weighted by Gasteiger charge is 2.54. The van der Waals surface area contributed by atoms with Gasteiger partial charge in [-0.2, -0.15) is 14.8 Å². The minimum atomic E-state index is -1.54. The number of hydrogen-bond acceptors (Lipinski definition) is 8. The lowest BCUT2D eigenvalue weighted by molar-refractivity contribution is -0.109. The standard InChI is InChI=1S/C10H16N4O5/c1-10(17)7(18-2)5(4-15)19-8(10)14-9(16)13-6(11)3-12-14/h3,5,7-8,15,17H,4H2,1-2H3,(H2,11,13,16)/t5-,7+,8-,10?/m1/s1. The van der Waals surface area contributed by atoms with Crippen molar-refractivity contribution >= 4 is 5.82 Å². The molecule has 106 valence electrons. The smallest absolute Gasteiger partial charge is 0.368 e. The normalized spacial score (nSPS) is 34.6. The van der Waals surface area contributed by atoms with E-state index in [-0.39, 0.29) is 12.4 Å². The number of aromatic nitrogens is 3. The lowest BCUT2D eigenvalue weighted by Gasteiger charge is -2.28. The lowest BCUT2D eigenvalue weighted by atomic mass is 9.96. The molecule has 0 radical (unpaired) electrons. The van der Waals surface area contributed by atoms with Crippen LogP contribution in [0.4, 0.5) is 5.82 Å². The van der Waals surface area contributed by atoms with E-state index in [4.69, 9.17) is 15.2 Å². The molecule has 2 heterocycles. The van der Waals surface area contributed by atoms with Gasteiger partial charge in [0.15, 0.2) is 6.23 Å². The summed E-state index contributed by atoms with van der Waals surface area (Å²) in [7, 11) is 1.38. The van der Waals surface area contributed by atoms with E-state index < -0.39 is 29.7 Å². The number of nitrogens with zero attached hydrogens (tertiary/aromatic N) is 3. The van der Waals surface area contributed by atoms with Gasteiger partial charge in [0.05, 0.1) is 12.8 Å². The van der Waals surface area contributed by atoms with E-state index in [0.29, 0.717) is 0 Å². The summed E-state index contributed by atoms with van der Waals surface area (Å²) in [5.74, 6) is -0.0270. The van der Waals surface area contributed by atoms with Gasteiger partial charge in [0, 0.05) is 7.11 Å². The van der Waals surface area contributed by atoms with Gasteiger partial charge < -0.3 is 25.4 Å². The summed E-state index contributed by atoms with van der Waals surface area (Å²) in [6.07, 6.45) is -1.50. The minimum Gasteiger partial charge on any atom is -0.394 e. The molecule has 1 aliphatic heterocycles. The first-order valence-corrected chi connectivity index (χ1v) is 5.64. The van der Waals surface area contributed by atoms with Crippen molar-refractivity contribution in [3.8, 4) is 0 Å². The number of methoxy groups -OCH3 is 1. The molecule has 0 amide bonds. The van der Waals surface area contributed by atoms with Crippen LogP contribution in [-0.4, -0.2) is 56.5 Å². The van der Waals surface area contributed by atoms with Crippen LogP contribution < -0.4 is 11.4 Å². The number of rotatable bonds is 3. The molecule has 9 heteroatoms. The third-order valence-corrected chi connectivity index (χ3v) is 3.11. The molecule has 2 rings (SSSR count). The highest BCUT2D eigenvalue weighted by Crippen LogP contribution is 2.38. The summed E-state index contributed by atoms with van der Waals surface area (Å²) in [5, 5.41) is 23.4. The van der Waals surface area contributed by atoms with E-state index in [9.17, 15) is 15.0 Å². The Labute approximate surface area is 108 Å². The van der Waals surface area contributed by atoms with Crippen LogP contribution in [0.5, 0.6) is 0 Å². The van der Waals surface area contributed by atoms with Crippen molar-refractivity contribution in [2.75, 3.05) is 19.5 Å². The van der Waals surface area contributed by atoms with E-state index in [1.54, 1.807) is 0 Å². The number of ether oxygens (including phenoxy) is 2. The van der Waals surface area contributed by atoms with Crippen molar-refractivity contribution in [2.24, 2.45) is 0 Å². The lowest BCUT2D eigenvalue weighted by Crippen LogP contribution is -2.47. The monoisotopic (exact) mass is 272 g/mol. The van der Waals surface area contributed by atoms with Gasteiger partial charge in [-0.15, -0.1) is 0 Å². The van der Waals surface area contributed by atoms with Crippen molar-refractivity contribution in [3.05, 3.63) is 16.7 Å². The maximum Gasteiger partial charge on any atom is 0.368 e. The fourth-order valence-electron chi connectivity index (χ4n) is 2.25.